The predicted molar refractivity (Wildman–Crippen MR) is 137 cm³/mol. The molecule has 0 radical (unpaired) electrons. The van der Waals surface area contributed by atoms with Crippen LogP contribution in [0, 0.1) is 0 Å². The zero-order valence-electron chi connectivity index (χ0n) is 21.3. The highest BCUT2D eigenvalue weighted by Gasteiger charge is 2.57. The number of esters is 1. The summed E-state index contributed by atoms with van der Waals surface area (Å²) in [6.07, 6.45) is 0.116. The highest BCUT2D eigenvalue weighted by molar-refractivity contribution is 7.36. The van der Waals surface area contributed by atoms with Crippen LogP contribution in [0.25, 0.3) is 11.2 Å². The topological polar surface area (TPSA) is 176 Å². The Labute approximate surface area is 224 Å². The lowest BCUT2D eigenvalue weighted by molar-refractivity contribution is -0.149. The third-order valence-electron chi connectivity index (χ3n) is 6.53. The highest BCUT2D eigenvalue weighted by Crippen LogP contribution is 2.42. The molecule has 2 fully saturated rings. The summed E-state index contributed by atoms with van der Waals surface area (Å²) in [5, 5.41) is 16.6. The van der Waals surface area contributed by atoms with Crippen LogP contribution in [-0.4, -0.2) is 79.1 Å². The van der Waals surface area contributed by atoms with Gasteiger partial charge in [-0.1, -0.05) is 17.9 Å². The first kappa shape index (κ1) is 28.8. The normalized spacial score (nSPS) is 27.2. The van der Waals surface area contributed by atoms with E-state index in [0.717, 1.165) is 25.7 Å². The number of halogens is 2. The molecule has 16 heteroatoms. The van der Waals surface area contributed by atoms with Gasteiger partial charge in [-0.3, -0.25) is 9.36 Å². The lowest BCUT2D eigenvalue weighted by atomic mass is 9.99. The molecule has 3 heterocycles. The van der Waals surface area contributed by atoms with Crippen molar-refractivity contribution in [3.8, 4) is 0 Å². The number of aliphatic hydroxyl groups is 1. The largest absolute Gasteiger partial charge is 0.613 e. The second kappa shape index (κ2) is 11.9. The van der Waals surface area contributed by atoms with Crippen LogP contribution >= 0.6 is 19.8 Å². The summed E-state index contributed by atoms with van der Waals surface area (Å²) in [6.45, 7) is 4.30. The first-order valence-electron chi connectivity index (χ1n) is 12.4. The van der Waals surface area contributed by atoms with Gasteiger partial charge in [-0.2, -0.15) is 9.97 Å². The van der Waals surface area contributed by atoms with Gasteiger partial charge in [0.05, 0.1) is 18.3 Å². The van der Waals surface area contributed by atoms with E-state index >= 15 is 4.39 Å². The third kappa shape index (κ3) is 6.00. The maximum absolute atomic E-state index is 15.5. The van der Waals surface area contributed by atoms with Crippen molar-refractivity contribution >= 4 is 48.7 Å². The Morgan fingerprint density at radius 2 is 2.11 bits per heavy atom. The molecule has 5 N–H and O–H groups in total. The highest BCUT2D eigenvalue weighted by atomic mass is 35.5. The molecule has 2 aromatic heterocycles. The fourth-order valence-corrected chi connectivity index (χ4v) is 5.66. The molecule has 1 aliphatic heterocycles. The Hall–Kier alpha value is -2.22. The SMILES string of the molecule is CC(C)OC(=O)[C@H](C)N[P+](=O)OC[C@@]1(CCl)O[C@@H](n2cnc3c(NC4CCCC4)nc(N)nc32)[C@H](F)[C@@H]1O. The number of nitrogens with two attached hydrogens (primary N) is 1. The van der Waals surface area contributed by atoms with E-state index in [1.165, 1.54) is 17.8 Å². The summed E-state index contributed by atoms with van der Waals surface area (Å²) >= 11 is 6.11. The molecule has 210 valence electrons. The molecule has 0 spiro atoms. The summed E-state index contributed by atoms with van der Waals surface area (Å²) in [5.74, 6) is -0.589. The number of hydrogen-bond donors (Lipinski definition) is 4. The molecule has 6 atom stereocenters. The molecule has 2 aromatic rings. The molecule has 1 aliphatic carbocycles. The van der Waals surface area contributed by atoms with Gasteiger partial charge >= 0.3 is 14.1 Å². The van der Waals surface area contributed by atoms with Crippen LogP contribution in [0.2, 0.25) is 0 Å². The number of aromatic nitrogens is 4. The zero-order valence-corrected chi connectivity index (χ0v) is 23.0. The number of nitrogen functional groups attached to an aromatic ring is 1. The molecule has 0 amide bonds. The van der Waals surface area contributed by atoms with Crippen molar-refractivity contribution in [2.75, 3.05) is 23.5 Å². The number of nitrogens with one attached hydrogen (secondary N) is 2. The number of aliphatic hydroxyl groups excluding tert-OH is 1. The van der Waals surface area contributed by atoms with E-state index in [0.29, 0.717) is 11.3 Å². The Morgan fingerprint density at radius 1 is 1.39 bits per heavy atom. The molecule has 0 bridgehead atoms. The van der Waals surface area contributed by atoms with Crippen LogP contribution in [0.4, 0.5) is 16.2 Å². The second-order valence-electron chi connectivity index (χ2n) is 9.84. The molecule has 1 saturated heterocycles. The maximum Gasteiger partial charge on any atom is 0.613 e. The number of hydrogen-bond acceptors (Lipinski definition) is 11. The van der Waals surface area contributed by atoms with Crippen molar-refractivity contribution < 1.29 is 32.9 Å². The number of carbonyl (C=O) groups is 1. The van der Waals surface area contributed by atoms with Crippen LogP contribution in [0.3, 0.4) is 0 Å². The number of nitrogens with zero attached hydrogens (tertiary/aromatic N) is 4. The van der Waals surface area contributed by atoms with Gasteiger partial charge in [0.15, 0.2) is 29.4 Å². The standard InChI is InChI=1S/C22H33ClFN7O6P/c1-11(2)36-20(33)12(3)30-38(34)35-9-22(8-23)16(32)14(24)19(37-22)31-10-26-15-17(27-13-6-4-5-7-13)28-21(25)29-18(15)31/h10-14,16,19,32H,4-9H2,1-3H3,(H,30,34)(H3,25,27,28,29)/q+1/t12-,14+,16-,19+,22+/m0/s1. The molecular weight excluding hydrogens is 544 g/mol. The van der Waals surface area contributed by atoms with Gasteiger partial charge in [0.2, 0.25) is 5.95 Å². The summed E-state index contributed by atoms with van der Waals surface area (Å²) < 4.78 is 45.5. The zero-order chi connectivity index (χ0) is 27.6. The van der Waals surface area contributed by atoms with Crippen LogP contribution in [0.5, 0.6) is 0 Å². The van der Waals surface area contributed by atoms with E-state index in [4.69, 9.17) is 31.3 Å². The van der Waals surface area contributed by atoms with Crippen LogP contribution in [0.1, 0.15) is 52.7 Å². The maximum atomic E-state index is 15.5. The third-order valence-corrected chi connectivity index (χ3v) is 7.95. The van der Waals surface area contributed by atoms with Crippen molar-refractivity contribution in [3.63, 3.8) is 0 Å². The number of alkyl halides is 2. The quantitative estimate of drug-likeness (QED) is 0.175. The van der Waals surface area contributed by atoms with E-state index in [9.17, 15) is 14.5 Å². The van der Waals surface area contributed by atoms with Crippen molar-refractivity contribution in [1.82, 2.24) is 24.6 Å². The van der Waals surface area contributed by atoms with Gasteiger partial charge in [-0.15, -0.1) is 16.1 Å². The van der Waals surface area contributed by atoms with Gasteiger partial charge in [-0.25, -0.2) is 9.37 Å². The van der Waals surface area contributed by atoms with E-state index in [2.05, 4.69) is 25.4 Å². The summed E-state index contributed by atoms with van der Waals surface area (Å²) in [4.78, 5) is 24.8. The van der Waals surface area contributed by atoms with E-state index in [-0.39, 0.29) is 29.6 Å². The second-order valence-corrected chi connectivity index (χ2v) is 11.1. The molecule has 4 rings (SSSR count). The number of fused-ring (bicyclic) bond motifs is 1. The van der Waals surface area contributed by atoms with E-state index in [1.807, 2.05) is 0 Å². The van der Waals surface area contributed by atoms with Gasteiger partial charge in [-0.05, 0) is 38.2 Å². The molecule has 2 aliphatic rings. The predicted octanol–water partition coefficient (Wildman–Crippen LogP) is 2.57. The van der Waals surface area contributed by atoms with E-state index < -0.39 is 50.9 Å². The summed E-state index contributed by atoms with van der Waals surface area (Å²) in [6, 6.07) is -0.707. The average Bonchev–Trinajstić information content (AvgIpc) is 3.58. The fourth-order valence-electron chi connectivity index (χ4n) is 4.53. The Balaban J connectivity index is 1.49. The van der Waals surface area contributed by atoms with Gasteiger partial charge in [0.1, 0.15) is 24.4 Å². The van der Waals surface area contributed by atoms with Gasteiger partial charge < -0.3 is 25.6 Å². The van der Waals surface area contributed by atoms with Gasteiger partial charge in [0.25, 0.3) is 0 Å². The number of imidazole rings is 1. The number of anilines is 2. The Kier molecular flexibility index (Phi) is 9.00. The molecule has 0 aromatic carbocycles. The number of ether oxygens (including phenoxy) is 2. The summed E-state index contributed by atoms with van der Waals surface area (Å²) in [7, 11) is -2.61. The lowest BCUT2D eigenvalue weighted by Crippen LogP contribution is -2.47. The van der Waals surface area contributed by atoms with Crippen LogP contribution in [-0.2, 0) is 23.4 Å². The minimum absolute atomic E-state index is 0.0335. The summed E-state index contributed by atoms with van der Waals surface area (Å²) in [5.41, 5.74) is 4.78. The van der Waals surface area contributed by atoms with Crippen LogP contribution < -0.4 is 16.1 Å². The average molecular weight is 577 g/mol. The molecule has 1 saturated carbocycles. The Morgan fingerprint density at radius 3 is 2.76 bits per heavy atom. The fraction of sp³-hybridized carbons (Fsp3) is 0.727. The van der Waals surface area contributed by atoms with Gasteiger partial charge in [0, 0.05) is 6.04 Å². The molecule has 13 nitrogen and oxygen atoms in total. The van der Waals surface area contributed by atoms with Crippen LogP contribution in [0.15, 0.2) is 6.33 Å². The molecule has 38 heavy (non-hydrogen) atoms. The Bertz CT molecular complexity index is 1170. The molecule has 1 unspecified atom stereocenters. The first-order valence-corrected chi connectivity index (χ1v) is 14.1. The van der Waals surface area contributed by atoms with Crippen molar-refractivity contribution in [3.05, 3.63) is 6.33 Å². The lowest BCUT2D eigenvalue weighted by Gasteiger charge is -2.26. The van der Waals surface area contributed by atoms with Crippen molar-refractivity contribution in [2.24, 2.45) is 0 Å². The van der Waals surface area contributed by atoms with E-state index in [1.54, 1.807) is 13.8 Å². The monoisotopic (exact) mass is 576 g/mol. The van der Waals surface area contributed by atoms with Crippen molar-refractivity contribution in [1.29, 1.82) is 0 Å². The number of carbonyl (C=O) groups excluding carboxylic acids is 1. The minimum atomic E-state index is -2.61. The first-order chi connectivity index (χ1) is 18.0. The molecular formula is C22H33ClFN7O6P+. The number of rotatable bonds is 11. The van der Waals surface area contributed by atoms with Crippen molar-refractivity contribution in [2.45, 2.75) is 88.7 Å². The minimum Gasteiger partial charge on any atom is -0.462 e. The smallest absolute Gasteiger partial charge is 0.462 e.